The number of hydrogen-bond acceptors (Lipinski definition) is 7. The minimum Gasteiger partial charge on any atom is -0.480 e. The molecule has 9 nitrogen and oxygen atoms in total. The van der Waals surface area contributed by atoms with E-state index in [4.69, 9.17) is 9.26 Å². The van der Waals surface area contributed by atoms with Crippen LogP contribution >= 0.6 is 0 Å². The molecule has 1 saturated carbocycles. The van der Waals surface area contributed by atoms with Crippen LogP contribution in [0.25, 0.3) is 16.8 Å². The summed E-state index contributed by atoms with van der Waals surface area (Å²) in [7, 11) is 0. The highest BCUT2D eigenvalue weighted by molar-refractivity contribution is 5.93. The van der Waals surface area contributed by atoms with E-state index in [2.05, 4.69) is 25.5 Å². The third-order valence-electron chi connectivity index (χ3n) is 5.15. The molecule has 0 unspecified atom stereocenters. The van der Waals surface area contributed by atoms with Gasteiger partial charge in [-0.25, -0.2) is 4.52 Å². The fraction of sp³-hybridized carbons (Fsp3) is 0.318. The van der Waals surface area contributed by atoms with Crippen LogP contribution in [0.4, 0.5) is 5.95 Å². The van der Waals surface area contributed by atoms with Crippen molar-refractivity contribution in [2.24, 2.45) is 5.92 Å². The fourth-order valence-corrected chi connectivity index (χ4v) is 3.33. The number of carbonyl (C=O) groups is 1. The van der Waals surface area contributed by atoms with E-state index in [1.165, 1.54) is 0 Å². The molecule has 3 aromatic heterocycles. The van der Waals surface area contributed by atoms with Crippen LogP contribution < -0.4 is 10.1 Å². The molecule has 1 aliphatic carbocycles. The number of pyridine rings is 1. The first-order chi connectivity index (χ1) is 14.9. The predicted octanol–water partition coefficient (Wildman–Crippen LogP) is 3.75. The number of hydrogen-bond donors (Lipinski definition) is 1. The van der Waals surface area contributed by atoms with Gasteiger partial charge in [0, 0.05) is 24.6 Å². The number of rotatable bonds is 6. The van der Waals surface area contributed by atoms with Gasteiger partial charge in [-0.15, -0.1) is 5.10 Å². The van der Waals surface area contributed by atoms with Gasteiger partial charge >= 0.3 is 0 Å². The molecular weight excluding hydrogens is 396 g/mol. The number of aromatic nitrogens is 5. The van der Waals surface area contributed by atoms with E-state index in [-0.39, 0.29) is 11.8 Å². The molecule has 0 spiro atoms. The summed E-state index contributed by atoms with van der Waals surface area (Å²) in [4.78, 5) is 20.8. The Labute approximate surface area is 178 Å². The maximum atomic E-state index is 12.0. The van der Waals surface area contributed by atoms with Gasteiger partial charge in [0.05, 0.1) is 0 Å². The normalized spacial score (nSPS) is 14.0. The van der Waals surface area contributed by atoms with Gasteiger partial charge in [-0.3, -0.25) is 10.1 Å². The van der Waals surface area contributed by atoms with Gasteiger partial charge in [-0.1, -0.05) is 17.3 Å². The van der Waals surface area contributed by atoms with Crippen LogP contribution in [0.3, 0.4) is 0 Å². The van der Waals surface area contributed by atoms with E-state index in [1.807, 2.05) is 56.4 Å². The van der Waals surface area contributed by atoms with Crippen molar-refractivity contribution in [2.75, 3.05) is 5.32 Å². The van der Waals surface area contributed by atoms with Gasteiger partial charge in [0.2, 0.25) is 23.6 Å². The largest absolute Gasteiger partial charge is 0.480 e. The molecular formula is C22H22N6O3. The molecule has 1 aromatic carbocycles. The van der Waals surface area contributed by atoms with E-state index in [0.29, 0.717) is 29.1 Å². The Morgan fingerprint density at radius 3 is 2.65 bits per heavy atom. The van der Waals surface area contributed by atoms with E-state index in [1.54, 1.807) is 11.4 Å². The smallest absolute Gasteiger partial charge is 0.249 e. The summed E-state index contributed by atoms with van der Waals surface area (Å²) in [5.74, 6) is 2.07. The predicted molar refractivity (Wildman–Crippen MR) is 112 cm³/mol. The van der Waals surface area contributed by atoms with Gasteiger partial charge in [0.25, 0.3) is 0 Å². The summed E-state index contributed by atoms with van der Waals surface area (Å²) in [6.07, 6.45) is 3.68. The van der Waals surface area contributed by atoms with E-state index in [9.17, 15) is 4.79 Å². The van der Waals surface area contributed by atoms with Crippen molar-refractivity contribution < 1.29 is 14.1 Å². The molecule has 4 aromatic rings. The van der Waals surface area contributed by atoms with E-state index in [0.717, 1.165) is 24.0 Å². The Kier molecular flexibility index (Phi) is 4.46. The molecule has 31 heavy (non-hydrogen) atoms. The highest BCUT2D eigenvalue weighted by Crippen LogP contribution is 2.31. The molecule has 9 heteroatoms. The third kappa shape index (κ3) is 3.86. The molecule has 5 rings (SSSR count). The summed E-state index contributed by atoms with van der Waals surface area (Å²) >= 11 is 0. The molecule has 0 atom stereocenters. The number of carbonyl (C=O) groups excluding carboxylic acids is 1. The molecule has 1 aliphatic rings. The highest BCUT2D eigenvalue weighted by atomic mass is 16.5. The second-order valence-electron chi connectivity index (χ2n) is 8.16. The first-order valence-corrected chi connectivity index (χ1v) is 10.2. The SMILES string of the molecule is Cc1nc(C(C)(C)Oc2ccc(-c3cccn4nc(NC(=O)C5CC5)nc34)cc2)no1. The molecule has 1 amide bonds. The zero-order chi connectivity index (χ0) is 21.6. The van der Waals surface area contributed by atoms with Crippen LogP contribution in [-0.2, 0) is 10.4 Å². The van der Waals surface area contributed by atoms with E-state index >= 15 is 0 Å². The number of amides is 1. The Morgan fingerprint density at radius 2 is 1.97 bits per heavy atom. The van der Waals surface area contributed by atoms with Crippen molar-refractivity contribution in [1.29, 1.82) is 0 Å². The summed E-state index contributed by atoms with van der Waals surface area (Å²) in [5.41, 5.74) is 1.80. The summed E-state index contributed by atoms with van der Waals surface area (Å²) < 4.78 is 12.8. The number of anilines is 1. The molecule has 158 valence electrons. The first kappa shape index (κ1) is 19.2. The van der Waals surface area contributed by atoms with Crippen LogP contribution in [-0.4, -0.2) is 30.6 Å². The van der Waals surface area contributed by atoms with Gasteiger partial charge in [0.1, 0.15) is 5.75 Å². The van der Waals surface area contributed by atoms with Crippen LogP contribution in [0.2, 0.25) is 0 Å². The lowest BCUT2D eigenvalue weighted by Gasteiger charge is -2.22. The Morgan fingerprint density at radius 1 is 1.19 bits per heavy atom. The molecule has 1 N–H and O–H groups in total. The van der Waals surface area contributed by atoms with Gasteiger partial charge in [-0.2, -0.15) is 9.97 Å². The van der Waals surface area contributed by atoms with Gasteiger partial charge in [0.15, 0.2) is 11.2 Å². The molecule has 0 aliphatic heterocycles. The second kappa shape index (κ2) is 7.19. The van der Waals surface area contributed by atoms with Crippen LogP contribution in [0, 0.1) is 12.8 Å². The first-order valence-electron chi connectivity index (χ1n) is 10.2. The van der Waals surface area contributed by atoms with Crippen molar-refractivity contribution in [3.63, 3.8) is 0 Å². The number of nitrogens with zero attached hydrogens (tertiary/aromatic N) is 5. The van der Waals surface area contributed by atoms with Crippen molar-refractivity contribution in [1.82, 2.24) is 24.7 Å². The topological polar surface area (TPSA) is 107 Å². The lowest BCUT2D eigenvalue weighted by atomic mass is 10.1. The zero-order valence-electron chi connectivity index (χ0n) is 17.5. The van der Waals surface area contributed by atoms with Crippen molar-refractivity contribution in [2.45, 2.75) is 39.2 Å². The van der Waals surface area contributed by atoms with Crippen LogP contribution in [0.15, 0.2) is 47.1 Å². The Balaban J connectivity index is 1.39. The lowest BCUT2D eigenvalue weighted by Crippen LogP contribution is -2.26. The quantitative estimate of drug-likeness (QED) is 0.508. The average molecular weight is 418 g/mol. The van der Waals surface area contributed by atoms with Crippen molar-refractivity contribution >= 4 is 17.5 Å². The maximum Gasteiger partial charge on any atom is 0.249 e. The summed E-state index contributed by atoms with van der Waals surface area (Å²) in [5, 5.41) is 11.1. The molecule has 0 bridgehead atoms. The van der Waals surface area contributed by atoms with Crippen molar-refractivity contribution in [3.05, 3.63) is 54.3 Å². The Hall–Kier alpha value is -3.75. The number of fused-ring (bicyclic) bond motifs is 1. The molecule has 1 fully saturated rings. The van der Waals surface area contributed by atoms with Gasteiger partial charge < -0.3 is 9.26 Å². The minimum absolute atomic E-state index is 0.0154. The minimum atomic E-state index is -0.735. The number of ether oxygens (including phenoxy) is 1. The summed E-state index contributed by atoms with van der Waals surface area (Å²) in [6, 6.07) is 11.6. The molecule has 3 heterocycles. The number of benzene rings is 1. The fourth-order valence-electron chi connectivity index (χ4n) is 3.33. The third-order valence-corrected chi connectivity index (χ3v) is 5.15. The standard InChI is InChI=1S/C22H22N6O3/c1-13-23-20(27-31-13)22(2,3)30-16-10-8-14(9-11-16)17-5-4-12-28-18(17)24-21(26-28)25-19(29)15-6-7-15/h4-5,8-12,15H,6-7H2,1-3H3,(H,25,26,29). The Bertz CT molecular complexity index is 1250. The average Bonchev–Trinajstić information content (AvgIpc) is 3.37. The zero-order valence-corrected chi connectivity index (χ0v) is 17.5. The summed E-state index contributed by atoms with van der Waals surface area (Å²) in [6.45, 7) is 5.52. The monoisotopic (exact) mass is 418 g/mol. The highest BCUT2D eigenvalue weighted by Gasteiger charge is 2.30. The lowest BCUT2D eigenvalue weighted by molar-refractivity contribution is -0.117. The van der Waals surface area contributed by atoms with Crippen LogP contribution in [0.1, 0.15) is 38.4 Å². The number of aryl methyl sites for hydroxylation is 1. The van der Waals surface area contributed by atoms with Crippen LogP contribution in [0.5, 0.6) is 5.75 Å². The maximum absolute atomic E-state index is 12.0. The van der Waals surface area contributed by atoms with Gasteiger partial charge in [-0.05, 0) is 56.5 Å². The van der Waals surface area contributed by atoms with Crippen molar-refractivity contribution in [3.8, 4) is 16.9 Å². The second-order valence-corrected chi connectivity index (χ2v) is 8.16. The molecule has 0 saturated heterocycles. The van der Waals surface area contributed by atoms with E-state index < -0.39 is 5.60 Å². The number of nitrogens with one attached hydrogen (secondary N) is 1. The molecule has 0 radical (unpaired) electrons.